The van der Waals surface area contributed by atoms with E-state index in [2.05, 4.69) is 19.1 Å². The van der Waals surface area contributed by atoms with Gasteiger partial charge in [-0.15, -0.1) is 0 Å². The number of rotatable bonds is 5. The molecule has 0 saturated carbocycles. The van der Waals surface area contributed by atoms with E-state index >= 15 is 0 Å². The quantitative estimate of drug-likeness (QED) is 0.451. The number of hydrogen-bond donors (Lipinski definition) is 2. The molecule has 1 unspecified atom stereocenters. The number of carbonyl (C=O) groups is 1. The minimum absolute atomic E-state index is 0.248. The Morgan fingerprint density at radius 1 is 1.29 bits per heavy atom. The fourth-order valence-electron chi connectivity index (χ4n) is 1.73. The zero-order valence-corrected chi connectivity index (χ0v) is 10.5. The predicted molar refractivity (Wildman–Crippen MR) is 69.1 cm³/mol. The average molecular weight is 235 g/mol. The highest BCUT2D eigenvalue weighted by atomic mass is 16.2. The lowest BCUT2D eigenvalue weighted by Gasteiger charge is -2.16. The van der Waals surface area contributed by atoms with E-state index in [1.165, 1.54) is 12.6 Å². The molecule has 94 valence electrons. The van der Waals surface area contributed by atoms with Gasteiger partial charge in [-0.3, -0.25) is 9.80 Å². The molecule has 1 atom stereocenters. The van der Waals surface area contributed by atoms with E-state index in [1.54, 1.807) is 0 Å². The molecule has 0 aliphatic carbocycles. The first-order valence-electron chi connectivity index (χ1n) is 5.90. The molecule has 0 aromatic heterocycles. The summed E-state index contributed by atoms with van der Waals surface area (Å²) in [5.41, 5.74) is 8.15. The van der Waals surface area contributed by atoms with Crippen molar-refractivity contribution >= 4 is 5.91 Å². The SMILES string of the molecule is CCCc1ccc(CC(N)C(=O)N(C)N)cc1. The Bertz CT molecular complexity index is 359. The highest BCUT2D eigenvalue weighted by molar-refractivity contribution is 5.81. The molecule has 1 aromatic carbocycles. The summed E-state index contributed by atoms with van der Waals surface area (Å²) in [4.78, 5) is 11.5. The van der Waals surface area contributed by atoms with Crippen LogP contribution in [0.4, 0.5) is 0 Å². The van der Waals surface area contributed by atoms with Crippen molar-refractivity contribution in [1.82, 2.24) is 5.01 Å². The summed E-state index contributed by atoms with van der Waals surface area (Å²) in [6.45, 7) is 2.15. The number of hydrogen-bond acceptors (Lipinski definition) is 3. The average Bonchev–Trinajstić information content (AvgIpc) is 2.30. The van der Waals surface area contributed by atoms with Crippen LogP contribution in [0.1, 0.15) is 24.5 Å². The summed E-state index contributed by atoms with van der Waals surface area (Å²) in [7, 11) is 1.51. The summed E-state index contributed by atoms with van der Waals surface area (Å²) in [5.74, 6) is 5.11. The Morgan fingerprint density at radius 2 is 1.82 bits per heavy atom. The van der Waals surface area contributed by atoms with Crippen molar-refractivity contribution in [3.05, 3.63) is 35.4 Å². The molecule has 0 aliphatic heterocycles. The third kappa shape index (κ3) is 4.17. The van der Waals surface area contributed by atoms with Gasteiger partial charge >= 0.3 is 0 Å². The first-order valence-corrected chi connectivity index (χ1v) is 5.90. The van der Waals surface area contributed by atoms with Gasteiger partial charge in [-0.05, 0) is 24.0 Å². The maximum atomic E-state index is 11.5. The third-order valence-corrected chi connectivity index (χ3v) is 2.68. The molecule has 0 bridgehead atoms. The molecule has 4 heteroatoms. The van der Waals surface area contributed by atoms with Crippen molar-refractivity contribution in [2.75, 3.05) is 7.05 Å². The highest BCUT2D eigenvalue weighted by Gasteiger charge is 2.16. The van der Waals surface area contributed by atoms with Gasteiger partial charge in [0, 0.05) is 7.05 Å². The Kier molecular flexibility index (Phi) is 5.12. The number of carbonyl (C=O) groups excluding carboxylic acids is 1. The lowest BCUT2D eigenvalue weighted by molar-refractivity contribution is -0.131. The van der Waals surface area contributed by atoms with E-state index in [4.69, 9.17) is 11.6 Å². The molecule has 1 rings (SSSR count). The van der Waals surface area contributed by atoms with Gasteiger partial charge in [0.05, 0.1) is 6.04 Å². The van der Waals surface area contributed by atoms with Gasteiger partial charge in [-0.2, -0.15) is 0 Å². The Labute approximate surface area is 103 Å². The van der Waals surface area contributed by atoms with E-state index in [0.717, 1.165) is 23.4 Å². The van der Waals surface area contributed by atoms with Crippen molar-refractivity contribution in [3.8, 4) is 0 Å². The number of aryl methyl sites for hydroxylation is 1. The Balaban J connectivity index is 2.60. The fourth-order valence-corrected chi connectivity index (χ4v) is 1.73. The van der Waals surface area contributed by atoms with E-state index in [9.17, 15) is 4.79 Å². The summed E-state index contributed by atoms with van der Waals surface area (Å²) in [5, 5.41) is 1.04. The minimum atomic E-state index is -0.568. The molecule has 4 N–H and O–H groups in total. The molecule has 0 heterocycles. The minimum Gasteiger partial charge on any atom is -0.320 e. The smallest absolute Gasteiger partial charge is 0.253 e. The molecule has 0 fully saturated rings. The number of nitrogens with two attached hydrogens (primary N) is 2. The molecular weight excluding hydrogens is 214 g/mol. The van der Waals surface area contributed by atoms with Crippen LogP contribution in [0, 0.1) is 0 Å². The molecule has 0 saturated heterocycles. The number of amides is 1. The first-order chi connectivity index (χ1) is 8.04. The molecule has 0 radical (unpaired) electrons. The molecule has 17 heavy (non-hydrogen) atoms. The standard InChI is InChI=1S/C13H21N3O/c1-3-4-10-5-7-11(8-6-10)9-12(14)13(17)16(2)15/h5-8,12H,3-4,9,14-15H2,1-2H3. The maximum Gasteiger partial charge on any atom is 0.253 e. The van der Waals surface area contributed by atoms with Gasteiger partial charge in [0.1, 0.15) is 0 Å². The van der Waals surface area contributed by atoms with Crippen LogP contribution in [-0.2, 0) is 17.6 Å². The van der Waals surface area contributed by atoms with Crippen LogP contribution in [0.15, 0.2) is 24.3 Å². The second kappa shape index (κ2) is 6.37. The topological polar surface area (TPSA) is 72.4 Å². The normalized spacial score (nSPS) is 12.2. The largest absolute Gasteiger partial charge is 0.320 e. The predicted octanol–water partition coefficient (Wildman–Crippen LogP) is 0.841. The van der Waals surface area contributed by atoms with Gasteiger partial charge in [0.15, 0.2) is 0 Å². The fraction of sp³-hybridized carbons (Fsp3) is 0.462. The van der Waals surface area contributed by atoms with E-state index in [0.29, 0.717) is 6.42 Å². The first kappa shape index (κ1) is 13.7. The monoisotopic (exact) mass is 235 g/mol. The van der Waals surface area contributed by atoms with Crippen molar-refractivity contribution in [1.29, 1.82) is 0 Å². The van der Waals surface area contributed by atoms with Gasteiger partial charge in [-0.1, -0.05) is 37.6 Å². The highest BCUT2D eigenvalue weighted by Crippen LogP contribution is 2.08. The van der Waals surface area contributed by atoms with E-state index < -0.39 is 6.04 Å². The van der Waals surface area contributed by atoms with Crippen molar-refractivity contribution in [3.63, 3.8) is 0 Å². The second-order valence-corrected chi connectivity index (χ2v) is 4.33. The summed E-state index contributed by atoms with van der Waals surface area (Å²) in [6.07, 6.45) is 2.74. The zero-order chi connectivity index (χ0) is 12.8. The van der Waals surface area contributed by atoms with Crippen LogP contribution in [0.2, 0.25) is 0 Å². The lowest BCUT2D eigenvalue weighted by atomic mass is 10.0. The maximum absolute atomic E-state index is 11.5. The molecule has 4 nitrogen and oxygen atoms in total. The van der Waals surface area contributed by atoms with Crippen LogP contribution in [0.3, 0.4) is 0 Å². The van der Waals surface area contributed by atoms with Crippen molar-refractivity contribution in [2.24, 2.45) is 11.6 Å². The number of benzene rings is 1. The molecule has 1 amide bonds. The van der Waals surface area contributed by atoms with Gasteiger partial charge in [-0.25, -0.2) is 5.84 Å². The molecule has 1 aromatic rings. The number of hydrazine groups is 1. The van der Waals surface area contributed by atoms with Crippen molar-refractivity contribution < 1.29 is 4.79 Å². The van der Waals surface area contributed by atoms with Gasteiger partial charge < -0.3 is 5.73 Å². The summed E-state index contributed by atoms with van der Waals surface area (Å²) in [6, 6.07) is 7.65. The van der Waals surface area contributed by atoms with E-state index in [-0.39, 0.29) is 5.91 Å². The van der Waals surface area contributed by atoms with Gasteiger partial charge in [0.2, 0.25) is 0 Å². The van der Waals surface area contributed by atoms with E-state index in [1.807, 2.05) is 12.1 Å². The van der Waals surface area contributed by atoms with Crippen molar-refractivity contribution in [2.45, 2.75) is 32.2 Å². The molecule has 0 spiro atoms. The third-order valence-electron chi connectivity index (χ3n) is 2.68. The van der Waals surface area contributed by atoms with Crippen LogP contribution in [0.25, 0.3) is 0 Å². The lowest BCUT2D eigenvalue weighted by Crippen LogP contribution is -2.46. The van der Waals surface area contributed by atoms with Crippen LogP contribution < -0.4 is 11.6 Å². The van der Waals surface area contributed by atoms with Crippen LogP contribution in [0.5, 0.6) is 0 Å². The second-order valence-electron chi connectivity index (χ2n) is 4.33. The summed E-state index contributed by atoms with van der Waals surface area (Å²) >= 11 is 0. The van der Waals surface area contributed by atoms with Gasteiger partial charge in [0.25, 0.3) is 5.91 Å². The number of nitrogens with zero attached hydrogens (tertiary/aromatic N) is 1. The zero-order valence-electron chi connectivity index (χ0n) is 10.5. The Morgan fingerprint density at radius 3 is 2.29 bits per heavy atom. The summed E-state index contributed by atoms with van der Waals surface area (Å²) < 4.78 is 0. The Hall–Kier alpha value is -1.39. The van der Waals surface area contributed by atoms with Crippen LogP contribution in [-0.4, -0.2) is 24.0 Å². The molecule has 0 aliphatic rings. The molecular formula is C13H21N3O. The number of likely N-dealkylation sites (N-methyl/N-ethyl adjacent to an activating group) is 1. The van der Waals surface area contributed by atoms with Crippen LogP contribution >= 0.6 is 0 Å².